The van der Waals surface area contributed by atoms with Crippen LogP contribution in [-0.2, 0) is 6.54 Å². The quantitative estimate of drug-likeness (QED) is 0.0987. The van der Waals surface area contributed by atoms with Gasteiger partial charge in [-0.3, -0.25) is 4.79 Å². The molecule has 0 unspecified atom stereocenters. The van der Waals surface area contributed by atoms with Crippen molar-refractivity contribution in [1.82, 2.24) is 4.98 Å². The van der Waals surface area contributed by atoms with Crippen LogP contribution in [0.4, 0.5) is 5.69 Å². The molecule has 0 radical (unpaired) electrons. The first-order valence-electron chi connectivity index (χ1n) is 12.1. The normalized spacial score (nSPS) is 11.2. The first-order chi connectivity index (χ1) is 15.7. The lowest BCUT2D eigenvalue weighted by atomic mass is 10.1. The Bertz CT molecular complexity index is 1230. The van der Waals surface area contributed by atoms with Crippen molar-refractivity contribution in [3.05, 3.63) is 52.8 Å². The predicted molar refractivity (Wildman–Crippen MR) is 132 cm³/mol. The van der Waals surface area contributed by atoms with Crippen molar-refractivity contribution in [2.75, 3.05) is 18.0 Å². The summed E-state index contributed by atoms with van der Waals surface area (Å²) in [5.41, 5.74) is 4.07. The van der Waals surface area contributed by atoms with E-state index in [9.17, 15) is 4.79 Å². The number of fused-ring (bicyclic) bond motifs is 4. The van der Waals surface area contributed by atoms with Gasteiger partial charge in [0.2, 0.25) is 0 Å². The van der Waals surface area contributed by atoms with Gasteiger partial charge < -0.3 is 33.3 Å². The molecule has 0 saturated carbocycles. The van der Waals surface area contributed by atoms with Crippen molar-refractivity contribution in [3.63, 3.8) is 0 Å². The average molecular weight is 559 g/mol. The van der Waals surface area contributed by atoms with Gasteiger partial charge in [-0.15, -0.1) is 0 Å². The van der Waals surface area contributed by atoms with Crippen molar-refractivity contribution in [2.24, 2.45) is 0 Å². The summed E-state index contributed by atoms with van der Waals surface area (Å²) in [5.74, 6) is 0.545. The van der Waals surface area contributed by atoms with E-state index in [0.717, 1.165) is 53.9 Å². The molecule has 33 heavy (non-hydrogen) atoms. The van der Waals surface area contributed by atoms with Crippen LogP contribution in [0.3, 0.4) is 0 Å². The second-order valence-electron chi connectivity index (χ2n) is 8.49. The van der Waals surface area contributed by atoms with Crippen LogP contribution in [-0.4, -0.2) is 18.1 Å². The minimum Gasteiger partial charge on any atom is -1.00 e. The first-order valence-corrected chi connectivity index (χ1v) is 12.1. The molecule has 2 heterocycles. The van der Waals surface area contributed by atoms with Gasteiger partial charge in [0.05, 0.1) is 5.39 Å². The largest absolute Gasteiger partial charge is 1.00 e. The van der Waals surface area contributed by atoms with Gasteiger partial charge in [-0.25, -0.2) is 4.98 Å². The number of hydrogen-bond donors (Lipinski definition) is 0. The molecule has 0 amide bonds. The summed E-state index contributed by atoms with van der Waals surface area (Å²) in [6.45, 7) is 9.22. The fourth-order valence-corrected chi connectivity index (χ4v) is 4.55. The van der Waals surface area contributed by atoms with E-state index < -0.39 is 0 Å². The number of benzene rings is 2. The molecule has 1 aliphatic carbocycles. The van der Waals surface area contributed by atoms with Crippen LogP contribution in [0, 0.1) is 0 Å². The maximum atomic E-state index is 13.1. The SMILES string of the molecule is CCCCCCCC[n+]1cccc2c3nc4ccc(N(CC)CC)cc4oc-3cc(=O)c21.[I-]. The van der Waals surface area contributed by atoms with E-state index in [-0.39, 0.29) is 29.4 Å². The van der Waals surface area contributed by atoms with Gasteiger partial charge in [0.25, 0.3) is 10.9 Å². The Morgan fingerprint density at radius 2 is 1.73 bits per heavy atom. The summed E-state index contributed by atoms with van der Waals surface area (Å²) >= 11 is 0. The van der Waals surface area contributed by atoms with Gasteiger partial charge in [-0.05, 0) is 38.5 Å². The van der Waals surface area contributed by atoms with Gasteiger partial charge in [0, 0.05) is 43.4 Å². The smallest absolute Gasteiger partial charge is 0.262 e. The van der Waals surface area contributed by atoms with E-state index in [1.165, 1.54) is 32.1 Å². The number of nitrogens with zero attached hydrogens (tertiary/aromatic N) is 3. The molecular weight excluding hydrogens is 525 g/mol. The van der Waals surface area contributed by atoms with E-state index in [0.29, 0.717) is 11.3 Å². The van der Waals surface area contributed by atoms with Crippen LogP contribution >= 0.6 is 0 Å². The number of rotatable bonds is 10. The Kier molecular flexibility index (Phi) is 9.06. The molecule has 2 aliphatic rings. The zero-order valence-electron chi connectivity index (χ0n) is 19.9. The number of aromatic nitrogens is 2. The lowest BCUT2D eigenvalue weighted by Crippen LogP contribution is -3.00. The predicted octanol–water partition coefficient (Wildman–Crippen LogP) is 2.94. The fraction of sp³-hybridized carbons (Fsp3) is 0.444. The van der Waals surface area contributed by atoms with E-state index in [1.807, 2.05) is 30.5 Å². The molecule has 1 aliphatic heterocycles. The molecule has 6 heteroatoms. The summed E-state index contributed by atoms with van der Waals surface area (Å²) in [6, 6.07) is 11.7. The van der Waals surface area contributed by atoms with E-state index in [4.69, 9.17) is 9.40 Å². The van der Waals surface area contributed by atoms with Crippen LogP contribution in [0.1, 0.15) is 59.3 Å². The monoisotopic (exact) mass is 559 g/mol. The lowest BCUT2D eigenvalue weighted by molar-refractivity contribution is -0.672. The topological polar surface area (TPSA) is 50.2 Å². The maximum absolute atomic E-state index is 13.1. The van der Waals surface area contributed by atoms with E-state index in [2.05, 4.69) is 36.3 Å². The zero-order valence-corrected chi connectivity index (χ0v) is 22.1. The Labute approximate surface area is 213 Å². The van der Waals surface area contributed by atoms with Crippen LogP contribution in [0.25, 0.3) is 33.5 Å². The van der Waals surface area contributed by atoms with Gasteiger partial charge in [-0.2, -0.15) is 4.57 Å². The van der Waals surface area contributed by atoms with Crippen LogP contribution < -0.4 is 38.9 Å². The summed E-state index contributed by atoms with van der Waals surface area (Å²) < 4.78 is 8.28. The van der Waals surface area contributed by atoms with E-state index >= 15 is 0 Å². The third-order valence-electron chi connectivity index (χ3n) is 6.33. The number of hydrogen-bond acceptors (Lipinski definition) is 4. The van der Waals surface area contributed by atoms with Crippen molar-refractivity contribution in [1.29, 1.82) is 0 Å². The summed E-state index contributed by atoms with van der Waals surface area (Å²) in [6.07, 6.45) is 9.39. The highest BCUT2D eigenvalue weighted by atomic mass is 127. The average Bonchev–Trinajstić information content (AvgIpc) is 2.81. The third kappa shape index (κ3) is 5.48. The number of aryl methyl sites for hydroxylation is 1. The number of unbranched alkanes of at least 4 members (excludes halogenated alkanes) is 5. The molecule has 0 saturated heterocycles. The summed E-state index contributed by atoms with van der Waals surface area (Å²) in [4.78, 5) is 20.2. The molecule has 4 rings (SSSR count). The second kappa shape index (κ2) is 11.8. The Balaban J connectivity index is 0.00000306. The maximum Gasteiger partial charge on any atom is 0.262 e. The number of anilines is 1. The van der Waals surface area contributed by atoms with E-state index in [1.54, 1.807) is 6.07 Å². The first kappa shape index (κ1) is 25.4. The molecule has 0 spiro atoms. The molecule has 0 fully saturated rings. The Hall–Kier alpha value is -2.22. The molecule has 1 aromatic carbocycles. The molecule has 176 valence electrons. The summed E-state index contributed by atoms with van der Waals surface area (Å²) in [5, 5.41) is 0.861. The van der Waals surface area contributed by atoms with Gasteiger partial charge in [0.1, 0.15) is 17.8 Å². The highest BCUT2D eigenvalue weighted by Gasteiger charge is 2.22. The standard InChI is InChI=1S/C27H34N3O2.HI/c1-4-7-8-9-10-11-16-30-17-12-13-21-26-25(19-23(31)27(21)30)32-24-18-20(29(5-2)6-3)14-15-22(24)28-26;/h12-15,17-19H,4-11,16H2,1-3H3;1H/q+1;/p-1. The Morgan fingerprint density at radius 1 is 0.970 bits per heavy atom. The summed E-state index contributed by atoms with van der Waals surface area (Å²) in [7, 11) is 0. The molecule has 1 aromatic heterocycles. The minimum absolute atomic E-state index is 0. The minimum atomic E-state index is -0.0103. The Morgan fingerprint density at radius 3 is 2.48 bits per heavy atom. The van der Waals surface area contributed by atoms with Gasteiger partial charge >= 0.3 is 0 Å². The van der Waals surface area contributed by atoms with Crippen molar-refractivity contribution in [2.45, 2.75) is 65.8 Å². The highest BCUT2D eigenvalue weighted by Crippen LogP contribution is 2.31. The fourth-order valence-electron chi connectivity index (χ4n) is 4.55. The zero-order chi connectivity index (χ0) is 22.5. The van der Waals surface area contributed by atoms with Crippen molar-refractivity contribution < 1.29 is 33.0 Å². The van der Waals surface area contributed by atoms with Gasteiger partial charge in [-0.1, -0.05) is 32.6 Å². The van der Waals surface area contributed by atoms with Crippen LogP contribution in [0.2, 0.25) is 0 Å². The second-order valence-corrected chi connectivity index (χ2v) is 8.49. The number of halogens is 1. The molecule has 0 N–H and O–H groups in total. The molecule has 2 aromatic rings. The van der Waals surface area contributed by atoms with Gasteiger partial charge in [0.15, 0.2) is 17.5 Å². The van der Waals surface area contributed by atoms with Crippen LogP contribution in [0.15, 0.2) is 51.8 Å². The highest BCUT2D eigenvalue weighted by molar-refractivity contribution is 5.93. The lowest BCUT2D eigenvalue weighted by Gasteiger charge is -2.21. The molecule has 0 bridgehead atoms. The van der Waals surface area contributed by atoms with Crippen molar-refractivity contribution in [3.8, 4) is 11.5 Å². The molecular formula is C27H34IN3O2. The molecule has 5 nitrogen and oxygen atoms in total. The molecule has 0 atom stereocenters. The number of pyridine rings is 1. The van der Waals surface area contributed by atoms with Crippen molar-refractivity contribution >= 4 is 27.7 Å². The third-order valence-corrected chi connectivity index (χ3v) is 6.33. The van der Waals surface area contributed by atoms with Crippen LogP contribution in [0.5, 0.6) is 0 Å².